The molecule has 1 saturated heterocycles. The van der Waals surface area contributed by atoms with Crippen LogP contribution >= 0.6 is 0 Å². The molecule has 278 valence electrons. The van der Waals surface area contributed by atoms with Crippen molar-refractivity contribution in [1.82, 2.24) is 24.6 Å². The van der Waals surface area contributed by atoms with E-state index in [9.17, 15) is 13.2 Å². The van der Waals surface area contributed by atoms with E-state index in [1.165, 1.54) is 43.0 Å². The molecule has 14 heteroatoms. The highest BCUT2D eigenvalue weighted by molar-refractivity contribution is 7.89. The minimum atomic E-state index is -3.80. The van der Waals surface area contributed by atoms with Crippen LogP contribution in [0.5, 0.6) is 17.2 Å². The van der Waals surface area contributed by atoms with Crippen molar-refractivity contribution in [2.45, 2.75) is 94.3 Å². The maximum Gasteiger partial charge on any atom is 0.252 e. The number of amides is 2. The smallest absolute Gasteiger partial charge is 0.252 e. The highest BCUT2D eigenvalue weighted by atomic mass is 32.2. The van der Waals surface area contributed by atoms with E-state index in [1.807, 2.05) is 31.2 Å². The maximum absolute atomic E-state index is 15.0. The van der Waals surface area contributed by atoms with Crippen molar-refractivity contribution >= 4 is 38.6 Å². The number of aromatic nitrogens is 3. The van der Waals surface area contributed by atoms with Crippen molar-refractivity contribution in [3.05, 3.63) is 66.2 Å². The molecule has 13 nitrogen and oxygen atoms in total. The molecule has 3 aromatic carbocycles. The van der Waals surface area contributed by atoms with Gasteiger partial charge in [0.15, 0.2) is 11.5 Å². The van der Waals surface area contributed by atoms with E-state index in [-0.39, 0.29) is 17.0 Å². The Kier molecular flexibility index (Phi) is 11.3. The Labute approximate surface area is 305 Å². The van der Waals surface area contributed by atoms with Crippen molar-refractivity contribution in [2.24, 2.45) is 0 Å². The third-order valence-corrected chi connectivity index (χ3v) is 12.3. The third-order valence-electron chi connectivity index (χ3n) is 10.3. The van der Waals surface area contributed by atoms with Crippen LogP contribution in [0.1, 0.15) is 82.9 Å². The molecule has 1 aromatic heterocycles. The molecule has 1 aliphatic heterocycles. The Hall–Kier alpha value is -4.69. The summed E-state index contributed by atoms with van der Waals surface area (Å²) in [6, 6.07) is 14.5. The topological polar surface area (TPSA) is 145 Å². The standard InChI is InChI=1S/C38H48N6O7S/c1-25-13-11-12-22-42(25)52(47,48)30-20-18-29(19-21-30)43(38(46)26(2)44-32-17-10-9-16-31(32)40-41-44)35(37(45)39-28-14-7-6-8-15-28)27-23-33(49-3)36(51-5)34(24-27)50-4/h9-10,16-21,23-26,28,35H,6-8,11-15,22H2,1-5H3,(H,39,45)/t25-,26+,35+/m0/s1. The van der Waals surface area contributed by atoms with E-state index in [1.54, 1.807) is 35.5 Å². The average molecular weight is 733 g/mol. The predicted octanol–water partition coefficient (Wildman–Crippen LogP) is 5.80. The molecule has 3 atom stereocenters. The van der Waals surface area contributed by atoms with Crippen LogP contribution in [-0.2, 0) is 19.6 Å². The first-order valence-corrected chi connectivity index (χ1v) is 19.4. The number of piperidine rings is 1. The Morgan fingerprint density at radius 1 is 0.885 bits per heavy atom. The number of hydrogen-bond donors (Lipinski definition) is 1. The van der Waals surface area contributed by atoms with Crippen LogP contribution < -0.4 is 24.4 Å². The highest BCUT2D eigenvalue weighted by Crippen LogP contribution is 2.42. The van der Waals surface area contributed by atoms with Gasteiger partial charge in [0.05, 0.1) is 31.7 Å². The van der Waals surface area contributed by atoms with Crippen LogP contribution in [0.15, 0.2) is 65.6 Å². The minimum absolute atomic E-state index is 0.0709. The number of hydrogen-bond acceptors (Lipinski definition) is 9. The van der Waals surface area contributed by atoms with Gasteiger partial charge in [0.25, 0.3) is 5.91 Å². The molecular weight excluding hydrogens is 685 g/mol. The molecule has 0 bridgehead atoms. The molecule has 0 radical (unpaired) electrons. The zero-order chi connectivity index (χ0) is 37.0. The van der Waals surface area contributed by atoms with Crippen LogP contribution in [-0.4, -0.2) is 79.5 Å². The fourth-order valence-corrected chi connectivity index (χ4v) is 9.13. The van der Waals surface area contributed by atoms with E-state index in [0.717, 1.165) is 51.4 Å². The lowest BCUT2D eigenvalue weighted by molar-refractivity contribution is -0.128. The lowest BCUT2D eigenvalue weighted by Gasteiger charge is -2.35. The summed E-state index contributed by atoms with van der Waals surface area (Å²) in [5.41, 5.74) is 2.00. The third kappa shape index (κ3) is 7.31. The van der Waals surface area contributed by atoms with Gasteiger partial charge in [-0.05, 0) is 93.6 Å². The fourth-order valence-electron chi connectivity index (χ4n) is 7.43. The van der Waals surface area contributed by atoms with E-state index in [0.29, 0.717) is 46.1 Å². The van der Waals surface area contributed by atoms with Gasteiger partial charge in [-0.15, -0.1) is 5.10 Å². The molecule has 0 spiro atoms. The summed E-state index contributed by atoms with van der Waals surface area (Å²) in [5.74, 6) is 0.0961. The van der Waals surface area contributed by atoms with Crippen molar-refractivity contribution in [1.29, 1.82) is 0 Å². The van der Waals surface area contributed by atoms with E-state index in [2.05, 4.69) is 15.6 Å². The molecule has 1 N–H and O–H groups in total. The molecule has 2 amide bonds. The van der Waals surface area contributed by atoms with E-state index in [4.69, 9.17) is 14.2 Å². The number of carbonyl (C=O) groups excluding carboxylic acids is 2. The summed E-state index contributed by atoms with van der Waals surface area (Å²) in [6.07, 6.45) is 7.30. The van der Waals surface area contributed by atoms with Crippen molar-refractivity contribution in [3.63, 3.8) is 0 Å². The zero-order valence-corrected chi connectivity index (χ0v) is 31.3. The van der Waals surface area contributed by atoms with Gasteiger partial charge >= 0.3 is 0 Å². The number of fused-ring (bicyclic) bond motifs is 1. The summed E-state index contributed by atoms with van der Waals surface area (Å²) >= 11 is 0. The number of anilines is 1. The van der Waals surface area contributed by atoms with Crippen LogP contribution in [0.4, 0.5) is 5.69 Å². The number of sulfonamides is 1. The molecule has 2 fully saturated rings. The van der Waals surface area contributed by atoms with Crippen LogP contribution in [0.25, 0.3) is 11.0 Å². The van der Waals surface area contributed by atoms with Gasteiger partial charge < -0.3 is 19.5 Å². The number of methoxy groups -OCH3 is 3. The Morgan fingerprint density at radius 2 is 1.54 bits per heavy atom. The number of benzene rings is 3. The summed E-state index contributed by atoms with van der Waals surface area (Å²) in [6.45, 7) is 4.08. The minimum Gasteiger partial charge on any atom is -0.493 e. The van der Waals surface area contributed by atoms with Crippen molar-refractivity contribution in [2.75, 3.05) is 32.8 Å². The van der Waals surface area contributed by atoms with Crippen molar-refractivity contribution < 1.29 is 32.2 Å². The van der Waals surface area contributed by atoms with Gasteiger partial charge in [-0.1, -0.05) is 43.0 Å². The van der Waals surface area contributed by atoms with Gasteiger partial charge in [0, 0.05) is 24.3 Å². The average Bonchev–Trinajstić information content (AvgIpc) is 3.60. The second-order valence-corrected chi connectivity index (χ2v) is 15.5. The quantitative estimate of drug-likeness (QED) is 0.191. The number of rotatable bonds is 12. The van der Waals surface area contributed by atoms with Crippen LogP contribution in [0.2, 0.25) is 0 Å². The summed E-state index contributed by atoms with van der Waals surface area (Å²) < 4.78 is 47.7. The first-order chi connectivity index (χ1) is 25.1. The van der Waals surface area contributed by atoms with Gasteiger partial charge in [0.2, 0.25) is 21.7 Å². The summed E-state index contributed by atoms with van der Waals surface area (Å²) in [7, 11) is 0.666. The molecule has 2 aliphatic rings. The monoisotopic (exact) mass is 732 g/mol. The first-order valence-electron chi connectivity index (χ1n) is 17.9. The molecule has 1 aliphatic carbocycles. The van der Waals surface area contributed by atoms with Crippen LogP contribution in [0, 0.1) is 0 Å². The second-order valence-electron chi connectivity index (χ2n) is 13.6. The highest BCUT2D eigenvalue weighted by Gasteiger charge is 2.39. The molecule has 0 unspecified atom stereocenters. The number of carbonyl (C=O) groups is 2. The van der Waals surface area contributed by atoms with Gasteiger partial charge in [-0.25, -0.2) is 13.1 Å². The predicted molar refractivity (Wildman–Crippen MR) is 197 cm³/mol. The number of ether oxygens (including phenoxy) is 3. The lowest BCUT2D eigenvalue weighted by atomic mass is 9.94. The van der Waals surface area contributed by atoms with Gasteiger partial charge in [0.1, 0.15) is 17.6 Å². The molecule has 4 aromatic rings. The Morgan fingerprint density at radius 3 is 2.17 bits per heavy atom. The van der Waals surface area contributed by atoms with Gasteiger partial charge in [-0.3, -0.25) is 14.5 Å². The van der Waals surface area contributed by atoms with Crippen molar-refractivity contribution in [3.8, 4) is 17.2 Å². The molecule has 2 heterocycles. The van der Waals surface area contributed by atoms with Gasteiger partial charge in [-0.2, -0.15) is 4.31 Å². The SMILES string of the molecule is COc1cc([C@H](C(=O)NC2CCCCC2)N(C(=O)[C@@H](C)n2nnc3ccccc32)c2ccc(S(=O)(=O)N3CCCC[C@@H]3C)cc2)cc(OC)c1OC. The Balaban J connectivity index is 1.50. The molecular formula is C38H48N6O7S. The normalized spacial score (nSPS) is 18.4. The maximum atomic E-state index is 15.0. The molecule has 6 rings (SSSR count). The fraction of sp³-hybridized carbons (Fsp3) is 0.474. The first kappa shape index (κ1) is 37.1. The number of nitrogens with zero attached hydrogens (tertiary/aromatic N) is 5. The second kappa shape index (κ2) is 15.9. The molecule has 1 saturated carbocycles. The summed E-state index contributed by atoms with van der Waals surface area (Å²) in [4.78, 5) is 31.3. The van der Waals surface area contributed by atoms with Crippen LogP contribution in [0.3, 0.4) is 0 Å². The number of nitrogens with one attached hydrogen (secondary N) is 1. The molecule has 52 heavy (non-hydrogen) atoms. The largest absolute Gasteiger partial charge is 0.493 e. The lowest BCUT2D eigenvalue weighted by Crippen LogP contribution is -2.49. The van der Waals surface area contributed by atoms with E-state index < -0.39 is 33.9 Å². The Bertz CT molecular complexity index is 1970. The number of para-hydroxylation sites is 1. The zero-order valence-electron chi connectivity index (χ0n) is 30.4. The summed E-state index contributed by atoms with van der Waals surface area (Å²) in [5, 5.41) is 11.8. The van der Waals surface area contributed by atoms with E-state index >= 15 is 4.79 Å².